The number of ketones is 1. The number of aliphatic hydroxyl groups is 1. The number of hydrogen-bond donors (Lipinski definition) is 1. The molecule has 1 aromatic carbocycles. The van der Waals surface area contributed by atoms with E-state index in [1.165, 1.54) is 5.56 Å². The number of ether oxygens (including phenoxy) is 1. The van der Waals surface area contributed by atoms with E-state index in [0.717, 1.165) is 16.8 Å². The van der Waals surface area contributed by atoms with Gasteiger partial charge in [0.2, 0.25) is 5.90 Å². The van der Waals surface area contributed by atoms with Crippen LogP contribution in [-0.4, -0.2) is 35.0 Å². The molecule has 0 aliphatic carbocycles. The number of fused-ring (bicyclic) bond motifs is 1. The first kappa shape index (κ1) is 20.2. The van der Waals surface area contributed by atoms with Crippen LogP contribution < -0.4 is 0 Å². The number of benzene rings is 1. The molecule has 1 atom stereocenters. The fourth-order valence-corrected chi connectivity index (χ4v) is 3.59. The summed E-state index contributed by atoms with van der Waals surface area (Å²) in [6.07, 6.45) is 2.53. The topological polar surface area (TPSA) is 71.8 Å². The van der Waals surface area contributed by atoms with E-state index in [-0.39, 0.29) is 30.3 Å². The number of aromatic nitrogens is 1. The fourth-order valence-electron chi connectivity index (χ4n) is 3.59. The van der Waals surface area contributed by atoms with Crippen LogP contribution >= 0.6 is 0 Å². The fraction of sp³-hybridized carbons (Fsp3) is 0.435. The number of carbonyl (C=O) groups excluding carboxylic acids is 1. The first-order valence-corrected chi connectivity index (χ1v) is 9.71. The number of aliphatic hydroxyl groups excluding tert-OH is 1. The summed E-state index contributed by atoms with van der Waals surface area (Å²) in [7, 11) is 0. The Labute approximate surface area is 166 Å². The van der Waals surface area contributed by atoms with Gasteiger partial charge in [-0.25, -0.2) is 4.99 Å². The summed E-state index contributed by atoms with van der Waals surface area (Å²) in [5.41, 5.74) is 3.82. The smallest absolute Gasteiger partial charge is 0.218 e. The van der Waals surface area contributed by atoms with Gasteiger partial charge in [-0.2, -0.15) is 0 Å². The van der Waals surface area contributed by atoms with Crippen molar-refractivity contribution < 1.29 is 14.6 Å². The summed E-state index contributed by atoms with van der Waals surface area (Å²) < 4.78 is 5.43. The highest BCUT2D eigenvalue weighted by atomic mass is 16.5. The minimum Gasteiger partial charge on any atom is -0.475 e. The zero-order valence-corrected chi connectivity index (χ0v) is 16.8. The van der Waals surface area contributed by atoms with Gasteiger partial charge in [-0.1, -0.05) is 51.1 Å². The second kappa shape index (κ2) is 8.65. The van der Waals surface area contributed by atoms with Crippen molar-refractivity contribution in [3.05, 3.63) is 65.0 Å². The first-order chi connectivity index (χ1) is 13.4. The number of aliphatic imine (C=N–C) groups is 1. The van der Waals surface area contributed by atoms with Gasteiger partial charge in [0.1, 0.15) is 12.4 Å². The molecule has 0 fully saturated rings. The number of carbonyl (C=O) groups is 1. The SMILES string of the molecule is CC(C)(C)[C@@H](CC(=O)Cc1cc2c(cn1)C(OCCO)=NC2)c1ccccc1. The summed E-state index contributed by atoms with van der Waals surface area (Å²) in [6, 6.07) is 12.2. The average Bonchev–Trinajstić information content (AvgIpc) is 3.06. The molecule has 0 saturated heterocycles. The third-order valence-corrected chi connectivity index (χ3v) is 5.06. The summed E-state index contributed by atoms with van der Waals surface area (Å²) >= 11 is 0. The molecule has 0 saturated carbocycles. The Bertz CT molecular complexity index is 854. The van der Waals surface area contributed by atoms with Gasteiger partial charge in [-0.05, 0) is 28.5 Å². The second-order valence-electron chi connectivity index (χ2n) is 8.28. The molecular weight excluding hydrogens is 352 g/mol. The molecule has 3 rings (SSSR count). The Hall–Kier alpha value is -2.53. The summed E-state index contributed by atoms with van der Waals surface area (Å²) in [6.45, 7) is 7.22. The summed E-state index contributed by atoms with van der Waals surface area (Å²) in [4.78, 5) is 21.6. The maximum absolute atomic E-state index is 12.8. The predicted molar refractivity (Wildman–Crippen MR) is 109 cm³/mol. The molecule has 1 N–H and O–H groups in total. The molecule has 2 aromatic rings. The molecule has 28 heavy (non-hydrogen) atoms. The van der Waals surface area contributed by atoms with Gasteiger partial charge in [0, 0.05) is 24.7 Å². The maximum atomic E-state index is 12.8. The Morgan fingerprint density at radius 1 is 1.25 bits per heavy atom. The number of rotatable bonds is 7. The van der Waals surface area contributed by atoms with Crippen LogP contribution in [-0.2, 0) is 22.5 Å². The van der Waals surface area contributed by atoms with Crippen molar-refractivity contribution in [3.8, 4) is 0 Å². The quantitative estimate of drug-likeness (QED) is 0.795. The van der Waals surface area contributed by atoms with Gasteiger partial charge in [-0.15, -0.1) is 0 Å². The van der Waals surface area contributed by atoms with Crippen molar-refractivity contribution in [2.24, 2.45) is 10.4 Å². The van der Waals surface area contributed by atoms with Crippen LogP contribution in [0.15, 0.2) is 47.6 Å². The molecule has 1 aliphatic rings. The first-order valence-electron chi connectivity index (χ1n) is 9.71. The second-order valence-corrected chi connectivity index (χ2v) is 8.28. The maximum Gasteiger partial charge on any atom is 0.218 e. The monoisotopic (exact) mass is 380 g/mol. The van der Waals surface area contributed by atoms with Gasteiger partial charge in [0.05, 0.1) is 18.7 Å². The van der Waals surface area contributed by atoms with Gasteiger partial charge in [0.25, 0.3) is 0 Å². The van der Waals surface area contributed by atoms with E-state index >= 15 is 0 Å². The standard InChI is InChI=1S/C23H28N2O3/c1-23(2,3)21(16-7-5-4-6-8-16)13-19(27)12-18-11-17-14-25-22(28-10-9-26)20(17)15-24-18/h4-8,11,15,21,26H,9-10,12-14H2,1-3H3/t21-/m0/s1. The normalized spacial score (nSPS) is 14.4. The van der Waals surface area contributed by atoms with Crippen LogP contribution in [0.25, 0.3) is 0 Å². The highest BCUT2D eigenvalue weighted by molar-refractivity contribution is 5.97. The lowest BCUT2D eigenvalue weighted by Gasteiger charge is -2.30. The van der Waals surface area contributed by atoms with E-state index in [9.17, 15) is 4.79 Å². The van der Waals surface area contributed by atoms with Crippen molar-refractivity contribution in [3.63, 3.8) is 0 Å². The van der Waals surface area contributed by atoms with Gasteiger partial charge < -0.3 is 9.84 Å². The third kappa shape index (κ3) is 4.84. The van der Waals surface area contributed by atoms with Crippen LogP contribution in [0.5, 0.6) is 0 Å². The van der Waals surface area contributed by atoms with Crippen molar-refractivity contribution in [2.45, 2.75) is 46.1 Å². The Balaban J connectivity index is 1.68. The molecule has 1 aromatic heterocycles. The molecular formula is C23H28N2O3. The minimum atomic E-state index is -0.0509. The van der Waals surface area contributed by atoms with Crippen molar-refractivity contribution in [1.29, 1.82) is 0 Å². The molecule has 148 valence electrons. The van der Waals surface area contributed by atoms with Crippen LogP contribution in [0.4, 0.5) is 0 Å². The molecule has 0 unspecified atom stereocenters. The van der Waals surface area contributed by atoms with Gasteiger partial charge >= 0.3 is 0 Å². The van der Waals surface area contributed by atoms with Crippen LogP contribution in [0, 0.1) is 5.41 Å². The Morgan fingerprint density at radius 3 is 2.68 bits per heavy atom. The molecule has 2 heterocycles. The van der Waals surface area contributed by atoms with E-state index in [2.05, 4.69) is 42.9 Å². The molecule has 0 amide bonds. The van der Waals surface area contributed by atoms with E-state index in [4.69, 9.17) is 9.84 Å². The number of Topliss-reactive ketones (excluding diaryl/α,β-unsaturated/α-hetero) is 1. The van der Waals surface area contributed by atoms with E-state index in [1.54, 1.807) is 6.20 Å². The highest BCUT2D eigenvalue weighted by Gasteiger charge is 2.28. The number of hydrogen-bond acceptors (Lipinski definition) is 5. The van der Waals surface area contributed by atoms with Crippen LogP contribution in [0.2, 0.25) is 0 Å². The van der Waals surface area contributed by atoms with Crippen molar-refractivity contribution in [2.75, 3.05) is 13.2 Å². The zero-order valence-electron chi connectivity index (χ0n) is 16.8. The summed E-state index contributed by atoms with van der Waals surface area (Å²) in [5, 5.41) is 8.90. The minimum absolute atomic E-state index is 0.00480. The lowest BCUT2D eigenvalue weighted by Crippen LogP contribution is -2.22. The number of nitrogens with zero attached hydrogens (tertiary/aromatic N) is 2. The zero-order chi connectivity index (χ0) is 20.1. The molecule has 0 spiro atoms. The van der Waals surface area contributed by atoms with E-state index < -0.39 is 0 Å². The summed E-state index contributed by atoms with van der Waals surface area (Å²) in [5.74, 6) is 0.871. The molecule has 5 nitrogen and oxygen atoms in total. The van der Waals surface area contributed by atoms with Crippen molar-refractivity contribution >= 4 is 11.7 Å². The lowest BCUT2D eigenvalue weighted by atomic mass is 9.73. The number of pyridine rings is 1. The van der Waals surface area contributed by atoms with Crippen molar-refractivity contribution in [1.82, 2.24) is 4.98 Å². The highest BCUT2D eigenvalue weighted by Crippen LogP contribution is 2.38. The lowest BCUT2D eigenvalue weighted by molar-refractivity contribution is -0.119. The van der Waals surface area contributed by atoms with Gasteiger partial charge in [-0.3, -0.25) is 9.78 Å². The molecule has 0 bridgehead atoms. The largest absolute Gasteiger partial charge is 0.475 e. The average molecular weight is 380 g/mol. The molecule has 5 heteroatoms. The van der Waals surface area contributed by atoms with E-state index in [1.807, 2.05) is 24.3 Å². The third-order valence-electron chi connectivity index (χ3n) is 5.06. The van der Waals surface area contributed by atoms with E-state index in [0.29, 0.717) is 25.3 Å². The Morgan fingerprint density at radius 2 is 2.00 bits per heavy atom. The molecule has 1 aliphatic heterocycles. The van der Waals surface area contributed by atoms with Gasteiger partial charge in [0.15, 0.2) is 0 Å². The van der Waals surface area contributed by atoms with Crippen LogP contribution in [0.1, 0.15) is 55.5 Å². The Kier molecular flexibility index (Phi) is 6.25. The molecule has 0 radical (unpaired) electrons. The van der Waals surface area contributed by atoms with Crippen LogP contribution in [0.3, 0.4) is 0 Å². The predicted octanol–water partition coefficient (Wildman–Crippen LogP) is 3.68.